The average Bonchev–Trinajstić information content (AvgIpc) is 3.07. The lowest BCUT2D eigenvalue weighted by Crippen LogP contribution is -2.48. The van der Waals surface area contributed by atoms with Gasteiger partial charge in [-0.2, -0.15) is 32.1 Å². The summed E-state index contributed by atoms with van der Waals surface area (Å²) in [7, 11) is -10.3. The van der Waals surface area contributed by atoms with Crippen LogP contribution in [0.25, 0.3) is 6.08 Å². The number of allylic oxidation sites excluding steroid dienone is 1. The van der Waals surface area contributed by atoms with Gasteiger partial charge in [0.15, 0.2) is 11.1 Å². The van der Waals surface area contributed by atoms with Crippen LogP contribution in [0.15, 0.2) is 101 Å². The summed E-state index contributed by atoms with van der Waals surface area (Å²) in [5.74, 6) is -1.80. The molecule has 0 bridgehead atoms. The summed E-state index contributed by atoms with van der Waals surface area (Å²) in [4.78, 5) is 57.9. The first-order valence-electron chi connectivity index (χ1n) is 13.7. The summed E-state index contributed by atoms with van der Waals surface area (Å²) >= 11 is 0. The van der Waals surface area contributed by atoms with E-state index in [4.69, 9.17) is 0 Å². The standard InChI is InChI=1S/C28H18N8O14S2/c37-21-7-5-16(36(43)44)11-19(21)31-33-25-22(38)8-6-18(27(25)39)30-32-20-12-17(51(45,46)47)9-13-10-23(52(48,49)50)26(28(40)24(13)20)34-29-14-1-3-15(4-2-14)35(41)42/h1-12,29,31-32,37H,(H,45,46,47)(H,48,49,50)/b30-18+,33-25-,34-26-. The van der Waals surface area contributed by atoms with E-state index in [1.165, 1.54) is 12.1 Å². The van der Waals surface area contributed by atoms with E-state index in [-0.39, 0.29) is 17.1 Å². The van der Waals surface area contributed by atoms with E-state index in [9.17, 15) is 65.7 Å². The molecule has 0 unspecified atom stereocenters. The second kappa shape index (κ2) is 13.7. The van der Waals surface area contributed by atoms with Gasteiger partial charge in [-0.05, 0) is 54.1 Å². The van der Waals surface area contributed by atoms with Crippen LogP contribution in [0.4, 0.5) is 28.4 Å². The van der Waals surface area contributed by atoms with Crippen LogP contribution in [0.3, 0.4) is 0 Å². The fraction of sp³-hybridized carbons (Fsp3) is 0. The van der Waals surface area contributed by atoms with Crippen molar-refractivity contribution in [1.29, 1.82) is 0 Å². The van der Waals surface area contributed by atoms with E-state index in [1.54, 1.807) is 0 Å². The molecule has 24 heteroatoms. The zero-order valence-corrected chi connectivity index (χ0v) is 26.9. The number of benzene rings is 4. The van der Waals surface area contributed by atoms with Crippen molar-refractivity contribution in [3.05, 3.63) is 134 Å². The molecule has 0 saturated heterocycles. The van der Waals surface area contributed by atoms with Crippen LogP contribution >= 0.6 is 0 Å². The molecule has 266 valence electrons. The highest BCUT2D eigenvalue weighted by molar-refractivity contribution is 7.91. The minimum Gasteiger partial charge on any atom is -0.506 e. The number of hydrazone groups is 1. The van der Waals surface area contributed by atoms with Gasteiger partial charge in [-0.1, -0.05) is 0 Å². The Balaban J connectivity index is 1.62. The van der Waals surface area contributed by atoms with Crippen LogP contribution in [0.1, 0.15) is 15.9 Å². The van der Waals surface area contributed by atoms with Crippen molar-refractivity contribution in [2.75, 3.05) is 16.3 Å². The fourth-order valence-corrected chi connectivity index (χ4v) is 5.66. The lowest BCUT2D eigenvalue weighted by Gasteiger charge is -2.19. The molecule has 0 heterocycles. The van der Waals surface area contributed by atoms with Gasteiger partial charge >= 0.3 is 0 Å². The Morgan fingerprint density at radius 3 is 1.94 bits per heavy atom. The predicted molar refractivity (Wildman–Crippen MR) is 179 cm³/mol. The summed E-state index contributed by atoms with van der Waals surface area (Å²) in [6, 6.07) is 10.4. The molecule has 22 nitrogen and oxygen atoms in total. The van der Waals surface area contributed by atoms with E-state index >= 15 is 0 Å². The molecule has 0 saturated carbocycles. The molecule has 0 atom stereocenters. The van der Waals surface area contributed by atoms with Gasteiger partial charge in [0.05, 0.1) is 31.7 Å². The van der Waals surface area contributed by atoms with Gasteiger partial charge in [0, 0.05) is 24.3 Å². The van der Waals surface area contributed by atoms with E-state index < -0.39 is 101 Å². The van der Waals surface area contributed by atoms with Crippen LogP contribution in [-0.2, 0) is 20.2 Å². The number of fused-ring (bicyclic) bond motifs is 1. The van der Waals surface area contributed by atoms with Crippen molar-refractivity contribution in [3.63, 3.8) is 0 Å². The van der Waals surface area contributed by atoms with Crippen LogP contribution in [0, 0.1) is 20.2 Å². The van der Waals surface area contributed by atoms with Gasteiger partial charge in [0.2, 0.25) is 16.6 Å². The molecule has 4 aromatic rings. The number of phenolic OH excluding ortho intramolecular Hbond substituents is 1. The van der Waals surface area contributed by atoms with Gasteiger partial charge in [-0.3, -0.25) is 60.0 Å². The summed E-state index contributed by atoms with van der Waals surface area (Å²) in [6.45, 7) is 0. The number of ketones is 1. The highest BCUT2D eigenvalue weighted by atomic mass is 32.2. The number of anilines is 3. The first-order valence-corrected chi connectivity index (χ1v) is 16.6. The molecule has 0 fully saturated rings. The molecule has 0 radical (unpaired) electrons. The monoisotopic (exact) mass is 754 g/mol. The zero-order chi connectivity index (χ0) is 38.1. The van der Waals surface area contributed by atoms with Crippen molar-refractivity contribution in [2.45, 2.75) is 4.90 Å². The molecule has 0 amide bonds. The molecule has 4 aromatic carbocycles. The highest BCUT2D eigenvalue weighted by Gasteiger charge is 2.35. The number of Topliss-reactive ketones (excluding diaryl/α,β-unsaturated/α-hetero) is 1. The van der Waals surface area contributed by atoms with Crippen LogP contribution in [0.2, 0.25) is 0 Å². The third-order valence-corrected chi connectivity index (χ3v) is 8.60. The molecule has 0 spiro atoms. The maximum absolute atomic E-state index is 13.8. The average molecular weight is 755 g/mol. The van der Waals surface area contributed by atoms with Crippen molar-refractivity contribution >= 4 is 66.2 Å². The maximum Gasteiger partial charge on any atom is 0.296 e. The molecule has 52 heavy (non-hydrogen) atoms. The Morgan fingerprint density at radius 2 is 1.33 bits per heavy atom. The minimum absolute atomic E-state index is 0.0302. The van der Waals surface area contributed by atoms with E-state index in [0.29, 0.717) is 18.2 Å². The largest absolute Gasteiger partial charge is 0.506 e. The molecule has 1 aliphatic carbocycles. The number of nitro benzene ring substituents is 2. The number of carbonyl (C=O) groups is 1. The van der Waals surface area contributed by atoms with Crippen LogP contribution < -0.4 is 37.8 Å². The van der Waals surface area contributed by atoms with Crippen molar-refractivity contribution in [3.8, 4) is 5.75 Å². The SMILES string of the molecule is O=C1/C(=N\Nc2ccc([N+](=O)[O-])cc2)C(S(=O)(=O)O)=Cc2cc(S(=O)(=O)O)cc(N/N=c3\ccc(=O)/c(=N/Nc4cc([N+](=O)[O-])ccc4O)c3=O)c21. The third-order valence-electron chi connectivity index (χ3n) is 6.90. The molecule has 5 rings (SSSR count). The van der Waals surface area contributed by atoms with Gasteiger partial charge in [-0.25, -0.2) is 0 Å². The van der Waals surface area contributed by atoms with Crippen molar-refractivity contribution < 1.29 is 45.7 Å². The van der Waals surface area contributed by atoms with Gasteiger partial charge in [-0.15, -0.1) is 0 Å². The summed E-state index contributed by atoms with van der Waals surface area (Å²) in [5.41, 5.74) is 0.984. The third kappa shape index (κ3) is 7.58. The van der Waals surface area contributed by atoms with Gasteiger partial charge in [0.1, 0.15) is 21.7 Å². The zero-order valence-electron chi connectivity index (χ0n) is 25.3. The number of nitro groups is 2. The normalized spacial score (nSPS) is 14.5. The molecular formula is C28H18N8O14S2. The molecule has 1 aliphatic rings. The second-order valence-electron chi connectivity index (χ2n) is 10.3. The van der Waals surface area contributed by atoms with Crippen LogP contribution in [-0.4, -0.2) is 52.4 Å². The topological polar surface area (TPSA) is 340 Å². The van der Waals surface area contributed by atoms with Crippen molar-refractivity contribution in [2.24, 2.45) is 15.3 Å². The number of aromatic hydroxyl groups is 1. The summed E-state index contributed by atoms with van der Waals surface area (Å²) < 4.78 is 68.4. The molecular weight excluding hydrogens is 736 g/mol. The number of nitrogens with zero attached hydrogens (tertiary/aromatic N) is 5. The maximum atomic E-state index is 13.8. The Labute approximate surface area is 287 Å². The lowest BCUT2D eigenvalue weighted by molar-refractivity contribution is -0.385. The predicted octanol–water partition coefficient (Wildman–Crippen LogP) is 0.800. The number of carbonyl (C=O) groups excluding carboxylic acids is 1. The Hall–Kier alpha value is -7.02. The first kappa shape index (κ1) is 36.3. The Bertz CT molecular complexity index is 2740. The first-order chi connectivity index (χ1) is 24.3. The van der Waals surface area contributed by atoms with E-state index in [2.05, 4.69) is 31.6 Å². The lowest BCUT2D eigenvalue weighted by atomic mass is 9.93. The van der Waals surface area contributed by atoms with Crippen molar-refractivity contribution in [1.82, 2.24) is 0 Å². The number of phenols is 1. The van der Waals surface area contributed by atoms with Gasteiger partial charge in [0.25, 0.3) is 31.6 Å². The number of hydrogen-bond acceptors (Lipinski definition) is 18. The Morgan fingerprint density at radius 1 is 0.692 bits per heavy atom. The highest BCUT2D eigenvalue weighted by Crippen LogP contribution is 2.34. The molecule has 0 aliphatic heterocycles. The number of rotatable bonds is 10. The fourth-order valence-electron chi connectivity index (χ4n) is 4.46. The van der Waals surface area contributed by atoms with Crippen LogP contribution in [0.5, 0.6) is 5.75 Å². The van der Waals surface area contributed by atoms with Gasteiger partial charge < -0.3 is 5.11 Å². The Kier molecular flexibility index (Phi) is 9.56. The number of non-ortho nitro benzene ring substituents is 2. The van der Waals surface area contributed by atoms with E-state index in [1.807, 2.05) is 0 Å². The quantitative estimate of drug-likeness (QED) is 0.0564. The number of nitrogens with one attached hydrogen (secondary N) is 3. The second-order valence-corrected chi connectivity index (χ2v) is 13.1. The number of hydrogen-bond donors (Lipinski definition) is 6. The van der Waals surface area contributed by atoms with E-state index in [0.717, 1.165) is 42.5 Å². The summed E-state index contributed by atoms with van der Waals surface area (Å²) in [6.07, 6.45) is 0.652. The minimum atomic E-state index is -5.25. The molecule has 0 aromatic heterocycles. The summed E-state index contributed by atoms with van der Waals surface area (Å²) in [5, 5.41) is 41.8. The smallest absolute Gasteiger partial charge is 0.296 e. The molecule has 6 N–H and O–H groups in total.